The Bertz CT molecular complexity index is 357. The molecule has 1 aromatic heterocycles. The molecule has 0 aliphatic heterocycles. The van der Waals surface area contributed by atoms with Crippen LogP contribution in [0.25, 0.3) is 0 Å². The zero-order chi connectivity index (χ0) is 12.0. The maximum atomic E-state index is 11.7. The minimum absolute atomic E-state index is 0.0119. The number of nitrogens with zero attached hydrogens (tertiary/aromatic N) is 1. The van der Waals surface area contributed by atoms with Crippen LogP contribution < -0.4 is 10.6 Å². The van der Waals surface area contributed by atoms with E-state index in [1.165, 1.54) is 0 Å². The largest absolute Gasteiger partial charge is 0.324 e. The number of halogens is 1. The van der Waals surface area contributed by atoms with Gasteiger partial charge in [-0.15, -0.1) is 0 Å². The van der Waals surface area contributed by atoms with Crippen LogP contribution in [0.15, 0.2) is 22.9 Å². The second-order valence-corrected chi connectivity index (χ2v) is 4.30. The van der Waals surface area contributed by atoms with E-state index in [1.807, 2.05) is 19.9 Å². The maximum absolute atomic E-state index is 11.7. The Kier molecular flexibility index (Phi) is 5.42. The molecular weight excluding hydrogens is 270 g/mol. The molecule has 0 aromatic carbocycles. The molecule has 0 aliphatic rings. The van der Waals surface area contributed by atoms with Gasteiger partial charge >= 0.3 is 0 Å². The maximum Gasteiger partial charge on any atom is 0.226 e. The lowest BCUT2D eigenvalue weighted by atomic mass is 10.2. The summed E-state index contributed by atoms with van der Waals surface area (Å²) >= 11 is 3.28. The summed E-state index contributed by atoms with van der Waals surface area (Å²) in [4.78, 5) is 15.7. The van der Waals surface area contributed by atoms with E-state index in [-0.39, 0.29) is 11.9 Å². The fourth-order valence-corrected chi connectivity index (χ4v) is 1.73. The normalized spacial score (nSPS) is 12.2. The number of carbonyl (C=O) groups excluding carboxylic acids is 1. The van der Waals surface area contributed by atoms with Gasteiger partial charge in [-0.3, -0.25) is 4.79 Å². The van der Waals surface area contributed by atoms with Crippen molar-refractivity contribution in [3.05, 3.63) is 22.9 Å². The summed E-state index contributed by atoms with van der Waals surface area (Å²) in [6, 6.07) is 3.78. The average molecular weight is 286 g/mol. The van der Waals surface area contributed by atoms with Gasteiger partial charge in [-0.1, -0.05) is 6.92 Å². The third-order valence-electron chi connectivity index (χ3n) is 2.08. The Labute approximate surface area is 104 Å². The van der Waals surface area contributed by atoms with E-state index in [0.717, 1.165) is 6.54 Å². The Morgan fingerprint density at radius 2 is 2.38 bits per heavy atom. The van der Waals surface area contributed by atoms with E-state index in [4.69, 9.17) is 0 Å². The van der Waals surface area contributed by atoms with Gasteiger partial charge in [-0.25, -0.2) is 4.98 Å². The summed E-state index contributed by atoms with van der Waals surface area (Å²) in [5, 5.41) is 6.00. The number of amides is 1. The molecule has 1 amide bonds. The minimum Gasteiger partial charge on any atom is -0.324 e. The highest BCUT2D eigenvalue weighted by molar-refractivity contribution is 9.10. The molecule has 1 heterocycles. The molecule has 1 rings (SSSR count). The molecule has 0 radical (unpaired) electrons. The van der Waals surface area contributed by atoms with Crippen LogP contribution in [0.5, 0.6) is 0 Å². The summed E-state index contributed by atoms with van der Waals surface area (Å²) in [7, 11) is 0. The molecule has 0 bridgehead atoms. The van der Waals surface area contributed by atoms with E-state index in [1.54, 1.807) is 12.3 Å². The lowest BCUT2D eigenvalue weighted by molar-refractivity contribution is -0.116. The van der Waals surface area contributed by atoms with Crippen molar-refractivity contribution in [3.63, 3.8) is 0 Å². The van der Waals surface area contributed by atoms with Crippen molar-refractivity contribution in [1.29, 1.82) is 0 Å². The highest BCUT2D eigenvalue weighted by atomic mass is 79.9. The molecular formula is C11H16BrN3O. The van der Waals surface area contributed by atoms with Crippen LogP contribution in [0.4, 0.5) is 5.69 Å². The zero-order valence-electron chi connectivity index (χ0n) is 9.46. The topological polar surface area (TPSA) is 54.0 Å². The van der Waals surface area contributed by atoms with Crippen LogP contribution in [0.3, 0.4) is 0 Å². The van der Waals surface area contributed by atoms with Crippen molar-refractivity contribution >= 4 is 27.5 Å². The first-order valence-corrected chi connectivity index (χ1v) is 6.06. The van der Waals surface area contributed by atoms with Gasteiger partial charge < -0.3 is 10.6 Å². The predicted octanol–water partition coefficient (Wildman–Crippen LogP) is 2.17. The summed E-state index contributed by atoms with van der Waals surface area (Å²) in [6.45, 7) is 4.87. The molecule has 0 fully saturated rings. The molecule has 1 atom stereocenters. The lowest BCUT2D eigenvalue weighted by Gasteiger charge is -2.12. The number of anilines is 1. The molecule has 0 aliphatic carbocycles. The molecule has 5 heteroatoms. The summed E-state index contributed by atoms with van der Waals surface area (Å²) in [5.41, 5.74) is 0.705. The van der Waals surface area contributed by atoms with Crippen LogP contribution in [0.1, 0.15) is 20.3 Å². The average Bonchev–Trinajstić information content (AvgIpc) is 2.21. The Balaban J connectivity index is 2.49. The van der Waals surface area contributed by atoms with Crippen LogP contribution in [0, 0.1) is 0 Å². The highest BCUT2D eigenvalue weighted by Crippen LogP contribution is 2.18. The van der Waals surface area contributed by atoms with Gasteiger partial charge in [0, 0.05) is 18.7 Å². The van der Waals surface area contributed by atoms with Crippen LogP contribution in [-0.2, 0) is 4.79 Å². The Morgan fingerprint density at radius 1 is 1.62 bits per heavy atom. The number of aromatic nitrogens is 1. The van der Waals surface area contributed by atoms with Gasteiger partial charge in [-0.2, -0.15) is 0 Å². The second-order valence-electron chi connectivity index (χ2n) is 3.55. The zero-order valence-corrected chi connectivity index (χ0v) is 11.0. The quantitative estimate of drug-likeness (QED) is 0.816. The Morgan fingerprint density at radius 3 is 3.00 bits per heavy atom. The van der Waals surface area contributed by atoms with Crippen molar-refractivity contribution in [2.45, 2.75) is 26.3 Å². The van der Waals surface area contributed by atoms with Crippen LogP contribution >= 0.6 is 15.9 Å². The third kappa shape index (κ3) is 4.28. The fraction of sp³-hybridized carbons (Fsp3) is 0.455. The van der Waals surface area contributed by atoms with Crippen molar-refractivity contribution < 1.29 is 4.79 Å². The van der Waals surface area contributed by atoms with Gasteiger partial charge in [0.05, 0.1) is 5.69 Å². The molecule has 1 aromatic rings. The SMILES string of the molecule is CCNC(C)CC(=O)Nc1cccnc1Br. The molecule has 1 unspecified atom stereocenters. The van der Waals surface area contributed by atoms with Crippen molar-refractivity contribution in [2.24, 2.45) is 0 Å². The number of hydrogen-bond acceptors (Lipinski definition) is 3. The van der Waals surface area contributed by atoms with Gasteiger partial charge in [0.25, 0.3) is 0 Å². The molecule has 88 valence electrons. The van der Waals surface area contributed by atoms with Crippen molar-refractivity contribution in [3.8, 4) is 0 Å². The first-order chi connectivity index (χ1) is 7.63. The van der Waals surface area contributed by atoms with Crippen LogP contribution in [0.2, 0.25) is 0 Å². The van der Waals surface area contributed by atoms with E-state index in [2.05, 4.69) is 31.5 Å². The molecule has 16 heavy (non-hydrogen) atoms. The molecule has 2 N–H and O–H groups in total. The fourth-order valence-electron chi connectivity index (χ4n) is 1.38. The minimum atomic E-state index is -0.0119. The van der Waals surface area contributed by atoms with Crippen molar-refractivity contribution in [2.75, 3.05) is 11.9 Å². The number of carbonyl (C=O) groups is 1. The number of hydrogen-bond donors (Lipinski definition) is 2. The first kappa shape index (κ1) is 13.1. The Hall–Kier alpha value is -0.940. The van der Waals surface area contributed by atoms with E-state index < -0.39 is 0 Å². The van der Waals surface area contributed by atoms with Gasteiger partial charge in [0.15, 0.2) is 0 Å². The number of nitrogens with one attached hydrogen (secondary N) is 2. The first-order valence-electron chi connectivity index (χ1n) is 5.27. The van der Waals surface area contributed by atoms with E-state index >= 15 is 0 Å². The molecule has 4 nitrogen and oxygen atoms in total. The third-order valence-corrected chi connectivity index (χ3v) is 2.71. The summed E-state index contributed by atoms with van der Waals surface area (Å²) < 4.78 is 0.652. The number of pyridine rings is 1. The van der Waals surface area contributed by atoms with Gasteiger partial charge in [0.1, 0.15) is 4.60 Å². The van der Waals surface area contributed by atoms with E-state index in [0.29, 0.717) is 16.7 Å². The summed E-state index contributed by atoms with van der Waals surface area (Å²) in [5.74, 6) is -0.0119. The lowest BCUT2D eigenvalue weighted by Crippen LogP contribution is -2.30. The van der Waals surface area contributed by atoms with Crippen LogP contribution in [-0.4, -0.2) is 23.5 Å². The summed E-state index contributed by atoms with van der Waals surface area (Å²) in [6.07, 6.45) is 2.12. The second kappa shape index (κ2) is 6.60. The molecule has 0 saturated heterocycles. The number of rotatable bonds is 5. The molecule has 0 saturated carbocycles. The van der Waals surface area contributed by atoms with Gasteiger partial charge in [0.2, 0.25) is 5.91 Å². The smallest absolute Gasteiger partial charge is 0.226 e. The molecule has 0 spiro atoms. The highest BCUT2D eigenvalue weighted by Gasteiger charge is 2.09. The van der Waals surface area contributed by atoms with Gasteiger partial charge in [-0.05, 0) is 41.5 Å². The monoisotopic (exact) mass is 285 g/mol. The standard InChI is InChI=1S/C11H16BrN3O/c1-3-13-8(2)7-10(16)15-9-5-4-6-14-11(9)12/h4-6,8,13H,3,7H2,1-2H3,(H,15,16). The van der Waals surface area contributed by atoms with Crippen molar-refractivity contribution in [1.82, 2.24) is 10.3 Å². The predicted molar refractivity (Wildman–Crippen MR) is 68.3 cm³/mol. The van der Waals surface area contributed by atoms with E-state index in [9.17, 15) is 4.79 Å².